The molecule has 4 nitrogen and oxygen atoms in total. The van der Waals surface area contributed by atoms with Crippen LogP contribution in [0.2, 0.25) is 0 Å². The molecular formula is C19H22N2O2S. The summed E-state index contributed by atoms with van der Waals surface area (Å²) in [5.74, 6) is 0.641. The van der Waals surface area contributed by atoms with Crippen LogP contribution in [0.3, 0.4) is 0 Å². The van der Waals surface area contributed by atoms with Crippen LogP contribution in [0.4, 0.5) is 0 Å². The van der Waals surface area contributed by atoms with E-state index in [4.69, 9.17) is 0 Å². The lowest BCUT2D eigenvalue weighted by atomic mass is 9.96. The summed E-state index contributed by atoms with van der Waals surface area (Å²) in [5, 5.41) is 19.9. The Balaban J connectivity index is 1.77. The second-order valence-corrected chi connectivity index (χ2v) is 7.76. The van der Waals surface area contributed by atoms with Crippen LogP contribution < -0.4 is 0 Å². The van der Waals surface area contributed by atoms with Gasteiger partial charge in [-0.2, -0.15) is 0 Å². The van der Waals surface area contributed by atoms with Crippen molar-refractivity contribution < 1.29 is 10.2 Å². The van der Waals surface area contributed by atoms with Crippen molar-refractivity contribution in [1.82, 2.24) is 9.80 Å². The van der Waals surface area contributed by atoms with Crippen molar-refractivity contribution in [3.8, 4) is 11.5 Å². The average Bonchev–Trinajstić information content (AvgIpc) is 2.72. The van der Waals surface area contributed by atoms with E-state index < -0.39 is 0 Å². The minimum Gasteiger partial charge on any atom is -0.508 e. The first-order valence-corrected chi connectivity index (χ1v) is 9.17. The Labute approximate surface area is 146 Å². The molecule has 24 heavy (non-hydrogen) atoms. The first-order chi connectivity index (χ1) is 11.6. The molecule has 1 unspecified atom stereocenters. The van der Waals surface area contributed by atoms with Crippen LogP contribution in [-0.4, -0.2) is 53.2 Å². The van der Waals surface area contributed by atoms with Crippen molar-refractivity contribution in [1.29, 1.82) is 0 Å². The quantitative estimate of drug-likeness (QED) is 0.834. The fourth-order valence-electron chi connectivity index (χ4n) is 3.61. The van der Waals surface area contributed by atoms with Gasteiger partial charge in [-0.15, -0.1) is 0 Å². The Bertz CT molecular complexity index is 757. The molecule has 2 aromatic rings. The maximum atomic E-state index is 10.0. The highest BCUT2D eigenvalue weighted by Crippen LogP contribution is 2.44. The Morgan fingerprint density at radius 3 is 2.33 bits per heavy atom. The van der Waals surface area contributed by atoms with Gasteiger partial charge in [-0.25, -0.2) is 0 Å². The van der Waals surface area contributed by atoms with E-state index in [9.17, 15) is 10.2 Å². The third-order valence-corrected chi connectivity index (χ3v) is 6.22. The Kier molecular flexibility index (Phi) is 4.16. The lowest BCUT2D eigenvalue weighted by Crippen LogP contribution is -2.46. The molecule has 5 heteroatoms. The number of phenolic OH excluding ortho intramolecular Hbond substituents is 2. The highest BCUT2D eigenvalue weighted by molar-refractivity contribution is 7.99. The van der Waals surface area contributed by atoms with Gasteiger partial charge in [-0.05, 0) is 61.0 Å². The van der Waals surface area contributed by atoms with Crippen LogP contribution in [0.15, 0.2) is 46.2 Å². The summed E-state index contributed by atoms with van der Waals surface area (Å²) in [6.45, 7) is 4.17. The Morgan fingerprint density at radius 2 is 1.58 bits per heavy atom. The topological polar surface area (TPSA) is 46.9 Å². The zero-order chi connectivity index (χ0) is 16.7. The van der Waals surface area contributed by atoms with Crippen LogP contribution in [0.1, 0.15) is 17.2 Å². The summed E-state index contributed by atoms with van der Waals surface area (Å²) in [5.41, 5.74) is 2.37. The molecule has 0 spiro atoms. The van der Waals surface area contributed by atoms with Crippen LogP contribution in [-0.2, 0) is 6.42 Å². The number of likely N-dealkylation sites (N-methyl/N-ethyl adjacent to an activating group) is 1. The number of rotatable bonds is 1. The third-order valence-electron chi connectivity index (χ3n) is 5.01. The standard InChI is InChI=1S/C19H22N2O2S/c1-20-6-8-21(9-7-20)17-11-13-10-14(22)2-4-18(13)24-19-5-3-15(23)12-16(17)19/h2-5,10,12,17,22-23H,6-9,11H2,1H3. The first-order valence-electron chi connectivity index (χ1n) is 8.35. The van der Waals surface area contributed by atoms with E-state index in [0.29, 0.717) is 11.5 Å². The van der Waals surface area contributed by atoms with Gasteiger partial charge in [-0.3, -0.25) is 4.90 Å². The monoisotopic (exact) mass is 342 g/mol. The van der Waals surface area contributed by atoms with Crippen molar-refractivity contribution in [2.45, 2.75) is 22.3 Å². The molecule has 0 radical (unpaired) electrons. The predicted molar refractivity (Wildman–Crippen MR) is 95.9 cm³/mol. The second kappa shape index (κ2) is 6.31. The van der Waals surface area contributed by atoms with Crippen LogP contribution in [0.25, 0.3) is 0 Å². The molecule has 0 amide bonds. The van der Waals surface area contributed by atoms with Gasteiger partial charge in [0, 0.05) is 42.0 Å². The van der Waals surface area contributed by atoms with Gasteiger partial charge in [0.05, 0.1) is 0 Å². The molecule has 1 atom stereocenters. The third kappa shape index (κ3) is 2.99. The number of piperazine rings is 1. The summed E-state index contributed by atoms with van der Waals surface area (Å²) >= 11 is 1.73. The fraction of sp³-hybridized carbons (Fsp3) is 0.368. The molecule has 4 rings (SSSR count). The van der Waals surface area contributed by atoms with Crippen molar-refractivity contribution in [3.63, 3.8) is 0 Å². The second-order valence-electron chi connectivity index (χ2n) is 6.68. The molecule has 0 aliphatic carbocycles. The highest BCUT2D eigenvalue weighted by Gasteiger charge is 2.29. The molecule has 0 aromatic heterocycles. The molecule has 2 heterocycles. The predicted octanol–water partition coefficient (Wildman–Crippen LogP) is 3.09. The van der Waals surface area contributed by atoms with E-state index in [1.165, 1.54) is 20.9 Å². The smallest absolute Gasteiger partial charge is 0.115 e. The van der Waals surface area contributed by atoms with E-state index in [2.05, 4.69) is 16.8 Å². The molecular weight excluding hydrogens is 320 g/mol. The number of hydrogen-bond acceptors (Lipinski definition) is 5. The van der Waals surface area contributed by atoms with Crippen molar-refractivity contribution >= 4 is 11.8 Å². The molecule has 0 saturated carbocycles. The molecule has 1 saturated heterocycles. The Hall–Kier alpha value is -1.69. The summed E-state index contributed by atoms with van der Waals surface area (Å²) in [4.78, 5) is 7.25. The molecule has 2 aliphatic rings. The minimum absolute atomic E-state index is 0.233. The number of phenols is 2. The van der Waals surface area contributed by atoms with Crippen LogP contribution >= 0.6 is 11.8 Å². The molecule has 2 aromatic carbocycles. The van der Waals surface area contributed by atoms with E-state index in [-0.39, 0.29) is 6.04 Å². The van der Waals surface area contributed by atoms with E-state index in [1.807, 2.05) is 24.3 Å². The number of fused-ring (bicyclic) bond motifs is 2. The van der Waals surface area contributed by atoms with Gasteiger partial charge in [0.1, 0.15) is 11.5 Å². The Morgan fingerprint density at radius 1 is 0.917 bits per heavy atom. The average molecular weight is 342 g/mol. The minimum atomic E-state index is 0.233. The van der Waals surface area contributed by atoms with Gasteiger partial charge in [0.2, 0.25) is 0 Å². The van der Waals surface area contributed by atoms with Gasteiger partial charge in [-0.1, -0.05) is 11.8 Å². The van der Waals surface area contributed by atoms with Crippen molar-refractivity contribution in [3.05, 3.63) is 47.5 Å². The number of nitrogens with zero attached hydrogens (tertiary/aromatic N) is 2. The molecule has 126 valence electrons. The summed E-state index contributed by atoms with van der Waals surface area (Å²) in [7, 11) is 2.16. The van der Waals surface area contributed by atoms with Crippen molar-refractivity contribution in [2.75, 3.05) is 33.2 Å². The normalized spacial score (nSPS) is 21.8. The fourth-order valence-corrected chi connectivity index (χ4v) is 4.71. The number of hydrogen-bond donors (Lipinski definition) is 2. The first kappa shape index (κ1) is 15.8. The maximum Gasteiger partial charge on any atom is 0.115 e. The number of benzene rings is 2. The molecule has 2 N–H and O–H groups in total. The van der Waals surface area contributed by atoms with Crippen LogP contribution in [0.5, 0.6) is 11.5 Å². The lowest BCUT2D eigenvalue weighted by Gasteiger charge is -2.38. The summed E-state index contributed by atoms with van der Waals surface area (Å²) < 4.78 is 0. The zero-order valence-electron chi connectivity index (χ0n) is 13.8. The van der Waals surface area contributed by atoms with Gasteiger partial charge >= 0.3 is 0 Å². The maximum absolute atomic E-state index is 10.0. The molecule has 2 aliphatic heterocycles. The lowest BCUT2D eigenvalue weighted by molar-refractivity contribution is 0.109. The van der Waals surface area contributed by atoms with E-state index >= 15 is 0 Å². The van der Waals surface area contributed by atoms with E-state index in [1.54, 1.807) is 23.9 Å². The van der Waals surface area contributed by atoms with Gasteiger partial charge in [0.15, 0.2) is 0 Å². The van der Waals surface area contributed by atoms with Crippen molar-refractivity contribution in [2.24, 2.45) is 0 Å². The zero-order valence-corrected chi connectivity index (χ0v) is 14.6. The van der Waals surface area contributed by atoms with E-state index in [0.717, 1.165) is 32.6 Å². The molecule has 0 bridgehead atoms. The van der Waals surface area contributed by atoms with Gasteiger partial charge < -0.3 is 15.1 Å². The van der Waals surface area contributed by atoms with Crippen LogP contribution in [0, 0.1) is 0 Å². The largest absolute Gasteiger partial charge is 0.508 e. The summed E-state index contributed by atoms with van der Waals surface area (Å²) in [6.07, 6.45) is 0.858. The summed E-state index contributed by atoms with van der Waals surface area (Å²) in [6, 6.07) is 11.6. The highest BCUT2D eigenvalue weighted by atomic mass is 32.2. The number of aromatic hydroxyl groups is 2. The van der Waals surface area contributed by atoms with Gasteiger partial charge in [0.25, 0.3) is 0 Å². The molecule has 1 fully saturated rings. The SMILES string of the molecule is CN1CCN(C2Cc3cc(O)ccc3Sc3ccc(O)cc32)CC1.